The van der Waals surface area contributed by atoms with Gasteiger partial charge in [-0.1, -0.05) is 24.3 Å². The van der Waals surface area contributed by atoms with Crippen molar-refractivity contribution in [1.82, 2.24) is 9.88 Å². The number of hydrogen-bond acceptors (Lipinski definition) is 3. The first kappa shape index (κ1) is 13.3. The third-order valence-corrected chi connectivity index (χ3v) is 3.76. The second-order valence-corrected chi connectivity index (χ2v) is 5.37. The minimum absolute atomic E-state index is 0.235. The third kappa shape index (κ3) is 3.24. The molecule has 20 heavy (non-hydrogen) atoms. The van der Waals surface area contributed by atoms with Crippen LogP contribution in [0.4, 0.5) is 0 Å². The molecule has 3 rings (SSSR count). The molecule has 2 aromatic rings. The highest BCUT2D eigenvalue weighted by Crippen LogP contribution is 2.28. The smallest absolute Gasteiger partial charge is 0.0558 e. The summed E-state index contributed by atoms with van der Waals surface area (Å²) >= 11 is 0. The molecule has 0 aliphatic heterocycles. The van der Waals surface area contributed by atoms with Gasteiger partial charge in [0.05, 0.1) is 6.61 Å². The van der Waals surface area contributed by atoms with E-state index < -0.39 is 0 Å². The number of benzene rings is 1. The third-order valence-electron chi connectivity index (χ3n) is 3.76. The summed E-state index contributed by atoms with van der Waals surface area (Å²) in [6, 6.07) is 13.3. The van der Waals surface area contributed by atoms with Gasteiger partial charge in [-0.05, 0) is 41.7 Å². The molecule has 1 aliphatic carbocycles. The van der Waals surface area contributed by atoms with Crippen LogP contribution in [0.3, 0.4) is 0 Å². The zero-order chi connectivity index (χ0) is 13.8. The molecule has 0 unspecified atom stereocenters. The Morgan fingerprint density at radius 1 is 1.15 bits per heavy atom. The molecule has 0 spiro atoms. The zero-order valence-electron chi connectivity index (χ0n) is 11.6. The monoisotopic (exact) mass is 268 g/mol. The van der Waals surface area contributed by atoms with Crippen molar-refractivity contribution >= 4 is 0 Å². The predicted octanol–water partition coefficient (Wildman–Crippen LogP) is 2.71. The van der Waals surface area contributed by atoms with Crippen LogP contribution in [0.15, 0.2) is 48.8 Å². The maximum absolute atomic E-state index is 9.17. The second kappa shape index (κ2) is 6.16. The normalized spacial score (nSPS) is 14.7. The lowest BCUT2D eigenvalue weighted by atomic mass is 10.0. The van der Waals surface area contributed by atoms with Gasteiger partial charge in [0.15, 0.2) is 0 Å². The molecule has 1 aromatic heterocycles. The Kier molecular flexibility index (Phi) is 4.09. The van der Waals surface area contributed by atoms with E-state index in [0.29, 0.717) is 6.04 Å². The molecule has 0 bridgehead atoms. The Labute approximate surface area is 119 Å². The minimum atomic E-state index is 0.235. The van der Waals surface area contributed by atoms with Crippen LogP contribution in [0.5, 0.6) is 0 Å². The first-order chi connectivity index (χ1) is 9.86. The fourth-order valence-corrected chi connectivity index (χ4v) is 2.58. The quantitative estimate of drug-likeness (QED) is 0.875. The van der Waals surface area contributed by atoms with Crippen LogP contribution >= 0.6 is 0 Å². The van der Waals surface area contributed by atoms with Crippen molar-refractivity contribution in [2.75, 3.05) is 13.2 Å². The lowest BCUT2D eigenvalue weighted by molar-refractivity contribution is 0.183. The molecule has 3 heteroatoms. The van der Waals surface area contributed by atoms with E-state index in [9.17, 15) is 5.11 Å². The molecular weight excluding hydrogens is 248 g/mol. The van der Waals surface area contributed by atoms with E-state index in [4.69, 9.17) is 0 Å². The summed E-state index contributed by atoms with van der Waals surface area (Å²) in [5, 5.41) is 9.17. The molecule has 1 aliphatic rings. The van der Waals surface area contributed by atoms with E-state index >= 15 is 0 Å². The predicted molar refractivity (Wildman–Crippen MR) is 80.2 cm³/mol. The number of rotatable bonds is 6. The Balaban J connectivity index is 1.77. The molecular formula is C17H20N2O. The van der Waals surface area contributed by atoms with Crippen LogP contribution in [0.25, 0.3) is 11.1 Å². The molecule has 1 heterocycles. The van der Waals surface area contributed by atoms with Crippen LogP contribution in [0.1, 0.15) is 18.4 Å². The van der Waals surface area contributed by atoms with Crippen LogP contribution in [0, 0.1) is 0 Å². The van der Waals surface area contributed by atoms with E-state index in [1.807, 2.05) is 12.3 Å². The average molecular weight is 268 g/mol. The first-order valence-electron chi connectivity index (χ1n) is 7.21. The van der Waals surface area contributed by atoms with Crippen LogP contribution in [-0.4, -0.2) is 34.2 Å². The topological polar surface area (TPSA) is 36.4 Å². The standard InChI is InChI=1S/C17H20N2O/c20-10-9-19(17-6-7-17)13-14-3-1-4-15(11-14)16-5-2-8-18-12-16/h1-5,8,11-12,17,20H,6-7,9-10,13H2. The highest BCUT2D eigenvalue weighted by atomic mass is 16.3. The van der Waals surface area contributed by atoms with Gasteiger partial charge in [0.2, 0.25) is 0 Å². The zero-order valence-corrected chi connectivity index (χ0v) is 11.6. The molecule has 3 nitrogen and oxygen atoms in total. The van der Waals surface area contributed by atoms with Crippen molar-refractivity contribution in [1.29, 1.82) is 0 Å². The second-order valence-electron chi connectivity index (χ2n) is 5.37. The molecule has 1 saturated carbocycles. The number of hydrogen-bond donors (Lipinski definition) is 1. The van der Waals surface area contributed by atoms with Gasteiger partial charge in [-0.25, -0.2) is 0 Å². The van der Waals surface area contributed by atoms with E-state index in [1.54, 1.807) is 6.20 Å². The summed E-state index contributed by atoms with van der Waals surface area (Å²) in [6.45, 7) is 1.92. The Bertz CT molecular complexity index is 552. The van der Waals surface area contributed by atoms with Gasteiger partial charge in [0, 0.05) is 31.5 Å². The molecule has 1 N–H and O–H groups in total. The lowest BCUT2D eigenvalue weighted by Gasteiger charge is -2.21. The molecule has 0 saturated heterocycles. The van der Waals surface area contributed by atoms with Gasteiger partial charge in [0.1, 0.15) is 0 Å². The molecule has 1 aromatic carbocycles. The van der Waals surface area contributed by atoms with Crippen LogP contribution in [0.2, 0.25) is 0 Å². The minimum Gasteiger partial charge on any atom is -0.395 e. The Hall–Kier alpha value is -1.71. The summed E-state index contributed by atoms with van der Waals surface area (Å²) in [4.78, 5) is 6.55. The highest BCUT2D eigenvalue weighted by Gasteiger charge is 2.28. The van der Waals surface area contributed by atoms with Crippen molar-refractivity contribution in [3.8, 4) is 11.1 Å². The largest absolute Gasteiger partial charge is 0.395 e. The molecule has 0 atom stereocenters. The molecule has 104 valence electrons. The number of aliphatic hydroxyl groups excluding tert-OH is 1. The molecule has 0 amide bonds. The lowest BCUT2D eigenvalue weighted by Crippen LogP contribution is -2.28. The highest BCUT2D eigenvalue weighted by molar-refractivity contribution is 5.62. The summed E-state index contributed by atoms with van der Waals surface area (Å²) in [5.74, 6) is 0. The van der Waals surface area contributed by atoms with Crippen LogP contribution in [-0.2, 0) is 6.54 Å². The van der Waals surface area contributed by atoms with Gasteiger partial charge in [-0.3, -0.25) is 9.88 Å². The number of aromatic nitrogens is 1. The van der Waals surface area contributed by atoms with Crippen molar-refractivity contribution in [2.24, 2.45) is 0 Å². The maximum Gasteiger partial charge on any atom is 0.0558 e. The first-order valence-corrected chi connectivity index (χ1v) is 7.21. The van der Waals surface area contributed by atoms with E-state index in [2.05, 4.69) is 40.2 Å². The molecule has 1 fully saturated rings. The van der Waals surface area contributed by atoms with E-state index in [-0.39, 0.29) is 6.61 Å². The fraction of sp³-hybridized carbons (Fsp3) is 0.353. The van der Waals surface area contributed by atoms with Crippen LogP contribution < -0.4 is 0 Å². The van der Waals surface area contributed by atoms with Crippen molar-refractivity contribution < 1.29 is 5.11 Å². The van der Waals surface area contributed by atoms with Gasteiger partial charge in [-0.2, -0.15) is 0 Å². The van der Waals surface area contributed by atoms with Crippen molar-refractivity contribution in [3.05, 3.63) is 54.4 Å². The number of pyridine rings is 1. The van der Waals surface area contributed by atoms with Crippen molar-refractivity contribution in [3.63, 3.8) is 0 Å². The SMILES string of the molecule is OCCN(Cc1cccc(-c2cccnc2)c1)C1CC1. The van der Waals surface area contributed by atoms with E-state index in [0.717, 1.165) is 18.7 Å². The van der Waals surface area contributed by atoms with Crippen molar-refractivity contribution in [2.45, 2.75) is 25.4 Å². The number of aliphatic hydroxyl groups is 1. The average Bonchev–Trinajstić information content (AvgIpc) is 3.33. The van der Waals surface area contributed by atoms with E-state index in [1.165, 1.54) is 24.0 Å². The Morgan fingerprint density at radius 3 is 2.70 bits per heavy atom. The summed E-state index contributed by atoms with van der Waals surface area (Å²) in [5.41, 5.74) is 3.65. The maximum atomic E-state index is 9.17. The Morgan fingerprint density at radius 2 is 2.00 bits per heavy atom. The van der Waals surface area contributed by atoms with Gasteiger partial charge in [0.25, 0.3) is 0 Å². The van der Waals surface area contributed by atoms with Gasteiger partial charge >= 0.3 is 0 Å². The molecule has 0 radical (unpaired) electrons. The number of nitrogens with zero attached hydrogens (tertiary/aromatic N) is 2. The van der Waals surface area contributed by atoms with Gasteiger partial charge < -0.3 is 5.11 Å². The summed E-state index contributed by atoms with van der Waals surface area (Å²) in [6.07, 6.45) is 6.22. The summed E-state index contributed by atoms with van der Waals surface area (Å²) in [7, 11) is 0. The van der Waals surface area contributed by atoms with Gasteiger partial charge in [-0.15, -0.1) is 0 Å². The fourth-order valence-electron chi connectivity index (χ4n) is 2.58. The summed E-state index contributed by atoms with van der Waals surface area (Å²) < 4.78 is 0.